The van der Waals surface area contributed by atoms with Crippen LogP contribution in [0.3, 0.4) is 0 Å². The predicted octanol–water partition coefficient (Wildman–Crippen LogP) is 14.6. The highest BCUT2D eigenvalue weighted by Crippen LogP contribution is 2.53. The van der Waals surface area contributed by atoms with Crippen LogP contribution in [0.5, 0.6) is 0 Å². The van der Waals surface area contributed by atoms with E-state index in [2.05, 4.69) is 207 Å². The van der Waals surface area contributed by atoms with Crippen LogP contribution in [-0.2, 0) is 10.8 Å². The monoisotopic (exact) mass is 720 g/mol. The van der Waals surface area contributed by atoms with Gasteiger partial charge >= 0.3 is 0 Å². The second kappa shape index (κ2) is 12.1. The first-order chi connectivity index (χ1) is 27.3. The van der Waals surface area contributed by atoms with Gasteiger partial charge in [0.05, 0.1) is 11.0 Å². The van der Waals surface area contributed by atoms with Gasteiger partial charge in [0.15, 0.2) is 0 Å². The molecule has 0 aliphatic heterocycles. The maximum atomic E-state index is 2.48. The molecule has 11 rings (SSSR count). The Balaban J connectivity index is 1.04. The van der Waals surface area contributed by atoms with Gasteiger partial charge in [0.25, 0.3) is 0 Å². The molecule has 2 nitrogen and oxygen atoms in total. The molecule has 2 heteroatoms. The Morgan fingerprint density at radius 2 is 1.11 bits per heavy atom. The van der Waals surface area contributed by atoms with Crippen molar-refractivity contribution in [3.05, 3.63) is 198 Å². The van der Waals surface area contributed by atoms with Crippen LogP contribution in [-0.4, -0.2) is 4.57 Å². The van der Waals surface area contributed by atoms with Gasteiger partial charge in [-0.2, -0.15) is 0 Å². The Bertz CT molecular complexity index is 2950. The van der Waals surface area contributed by atoms with Crippen LogP contribution in [0.1, 0.15) is 62.8 Å². The molecule has 56 heavy (non-hydrogen) atoms. The average molecular weight is 721 g/mol. The Morgan fingerprint density at radius 1 is 0.482 bits per heavy atom. The minimum Gasteiger partial charge on any atom is -0.310 e. The van der Waals surface area contributed by atoms with Gasteiger partial charge in [-0.15, -0.1) is 0 Å². The topological polar surface area (TPSA) is 8.17 Å². The Kier molecular flexibility index (Phi) is 7.11. The van der Waals surface area contributed by atoms with E-state index in [0.717, 1.165) is 18.5 Å². The van der Waals surface area contributed by atoms with Crippen molar-refractivity contribution in [1.29, 1.82) is 0 Å². The van der Waals surface area contributed by atoms with Gasteiger partial charge < -0.3 is 9.47 Å². The highest BCUT2D eigenvalue weighted by molar-refractivity contribution is 6.10. The summed E-state index contributed by atoms with van der Waals surface area (Å²) in [6, 6.07) is 58.8. The Hall–Kier alpha value is -6.38. The maximum Gasteiger partial charge on any atom is 0.0541 e. The fraction of sp³-hybridized carbons (Fsp3) is 0.148. The van der Waals surface area contributed by atoms with Crippen LogP contribution in [0.25, 0.3) is 55.3 Å². The van der Waals surface area contributed by atoms with Gasteiger partial charge in [0.1, 0.15) is 0 Å². The van der Waals surface area contributed by atoms with Crippen LogP contribution in [0.15, 0.2) is 175 Å². The molecule has 0 saturated heterocycles. The first kappa shape index (κ1) is 33.0. The maximum absolute atomic E-state index is 2.48. The lowest BCUT2D eigenvalue weighted by molar-refractivity contribution is 0.607. The number of aromatic nitrogens is 1. The number of nitrogens with zero attached hydrogens (tertiary/aromatic N) is 2. The number of hydrogen-bond donors (Lipinski definition) is 0. The zero-order valence-electron chi connectivity index (χ0n) is 32.5. The summed E-state index contributed by atoms with van der Waals surface area (Å²) in [7, 11) is 0. The van der Waals surface area contributed by atoms with Crippen LogP contribution >= 0.6 is 0 Å². The van der Waals surface area contributed by atoms with Crippen LogP contribution < -0.4 is 4.90 Å². The van der Waals surface area contributed by atoms with Gasteiger partial charge in [0, 0.05) is 44.4 Å². The third kappa shape index (κ3) is 4.75. The summed E-state index contributed by atoms with van der Waals surface area (Å²) < 4.78 is 2.38. The average Bonchev–Trinajstić information content (AvgIpc) is 3.78. The molecule has 0 amide bonds. The van der Waals surface area contributed by atoms with Crippen LogP contribution in [0, 0.1) is 0 Å². The molecule has 0 fully saturated rings. The molecule has 0 atom stereocenters. The normalized spacial score (nSPS) is 15.9. The minimum absolute atomic E-state index is 0.00912. The van der Waals surface area contributed by atoms with E-state index >= 15 is 0 Å². The molecule has 7 aromatic carbocycles. The Labute approximate surface area is 329 Å². The van der Waals surface area contributed by atoms with Gasteiger partial charge in [0.2, 0.25) is 0 Å². The lowest BCUT2D eigenvalue weighted by Gasteiger charge is -2.30. The molecule has 0 radical (unpaired) electrons. The van der Waals surface area contributed by atoms with E-state index in [4.69, 9.17) is 0 Å². The van der Waals surface area contributed by atoms with E-state index in [9.17, 15) is 0 Å². The summed E-state index contributed by atoms with van der Waals surface area (Å²) in [6.07, 6.45) is 6.96. The number of rotatable bonds is 5. The van der Waals surface area contributed by atoms with Gasteiger partial charge in [-0.1, -0.05) is 136 Å². The van der Waals surface area contributed by atoms with E-state index in [0.29, 0.717) is 0 Å². The molecule has 0 spiro atoms. The van der Waals surface area contributed by atoms with Crippen LogP contribution in [0.2, 0.25) is 0 Å². The Morgan fingerprint density at radius 3 is 1.91 bits per heavy atom. The van der Waals surface area contributed by atoms with Gasteiger partial charge in [-0.25, -0.2) is 0 Å². The summed E-state index contributed by atoms with van der Waals surface area (Å²) in [5.74, 6) is 0. The van der Waals surface area contributed by atoms with Crippen molar-refractivity contribution in [3.8, 4) is 27.9 Å². The number of hydrogen-bond acceptors (Lipinski definition) is 1. The summed E-state index contributed by atoms with van der Waals surface area (Å²) in [5.41, 5.74) is 20.7. The summed E-state index contributed by atoms with van der Waals surface area (Å²) in [4.78, 5) is 2.48. The third-order valence-electron chi connectivity index (χ3n) is 13.1. The van der Waals surface area contributed by atoms with Crippen molar-refractivity contribution in [3.63, 3.8) is 0 Å². The van der Waals surface area contributed by atoms with Crippen molar-refractivity contribution >= 4 is 44.4 Å². The second-order valence-corrected chi connectivity index (χ2v) is 16.9. The summed E-state index contributed by atoms with van der Waals surface area (Å²) in [6.45, 7) is 9.57. The number of anilines is 3. The second-order valence-electron chi connectivity index (χ2n) is 16.9. The molecule has 0 unspecified atom stereocenters. The quantitative estimate of drug-likeness (QED) is 0.172. The van der Waals surface area contributed by atoms with Crippen molar-refractivity contribution in [1.82, 2.24) is 4.57 Å². The molecule has 270 valence electrons. The molecule has 0 N–H and O–H groups in total. The molecule has 8 aromatic rings. The third-order valence-corrected chi connectivity index (χ3v) is 13.1. The first-order valence-corrected chi connectivity index (χ1v) is 20.1. The molecule has 1 aromatic heterocycles. The fourth-order valence-electron chi connectivity index (χ4n) is 10.2. The molecule has 3 aliphatic rings. The summed E-state index contributed by atoms with van der Waals surface area (Å²) in [5, 5.41) is 2.53. The largest absolute Gasteiger partial charge is 0.310 e. The number of para-hydroxylation sites is 2. The van der Waals surface area contributed by atoms with E-state index in [1.165, 1.54) is 88.9 Å². The van der Waals surface area contributed by atoms with E-state index in [-0.39, 0.29) is 10.8 Å². The van der Waals surface area contributed by atoms with Crippen molar-refractivity contribution in [2.45, 2.75) is 51.4 Å². The minimum atomic E-state index is -0.0883. The van der Waals surface area contributed by atoms with Crippen molar-refractivity contribution in [2.24, 2.45) is 0 Å². The number of allylic oxidation sites excluding steroid dienone is 4. The lowest BCUT2D eigenvalue weighted by atomic mass is 9.78. The standard InChI is InChI=1S/C54H44N2/c1-53(2)47-19-11-8-16-41(47)43-29-27-39(33-49(43)53)55(40-28-30-44-42-17-9-12-20-48(42)54(3,4)50(44)34-40)38-25-22-35(23-26-38)36-24-31-52-46(32-36)45-18-10-13-21-51(45)56(52)37-14-6-5-7-15-37/h5-11,13-19,21-34H,12,20H2,1-4H3. The van der Waals surface area contributed by atoms with Gasteiger partial charge in [-0.3, -0.25) is 0 Å². The SMILES string of the molecule is CC1(C)C2=C(C=CCC2)c2ccc(N(c3ccc(-c4ccc5c(c4)c4ccccc4n5-c4ccccc4)cc3)c3ccc4c(c3)C(C)(C)c3ccccc3-4)cc21. The first-order valence-electron chi connectivity index (χ1n) is 20.1. The van der Waals surface area contributed by atoms with Crippen LogP contribution in [0.4, 0.5) is 17.1 Å². The number of benzene rings is 7. The van der Waals surface area contributed by atoms with E-state index in [1.54, 1.807) is 5.57 Å². The molecule has 1 heterocycles. The zero-order chi connectivity index (χ0) is 37.8. The van der Waals surface area contributed by atoms with Crippen molar-refractivity contribution < 1.29 is 0 Å². The fourth-order valence-corrected chi connectivity index (χ4v) is 10.2. The molecule has 3 aliphatic carbocycles. The summed E-state index contributed by atoms with van der Waals surface area (Å²) >= 11 is 0. The van der Waals surface area contributed by atoms with E-state index in [1.807, 2.05) is 0 Å². The van der Waals surface area contributed by atoms with Crippen molar-refractivity contribution in [2.75, 3.05) is 4.90 Å². The molecule has 0 bridgehead atoms. The molecular weight excluding hydrogens is 677 g/mol. The van der Waals surface area contributed by atoms with Gasteiger partial charge in [-0.05, 0) is 130 Å². The predicted molar refractivity (Wildman–Crippen MR) is 237 cm³/mol. The number of fused-ring (bicyclic) bond motifs is 8. The van der Waals surface area contributed by atoms with E-state index < -0.39 is 0 Å². The molecular formula is C54H44N2. The highest BCUT2D eigenvalue weighted by atomic mass is 15.1. The lowest BCUT2D eigenvalue weighted by Crippen LogP contribution is -2.19. The highest BCUT2D eigenvalue weighted by Gasteiger charge is 2.39. The smallest absolute Gasteiger partial charge is 0.0541 e. The molecule has 0 saturated carbocycles. The zero-order valence-corrected chi connectivity index (χ0v) is 32.5.